The Kier molecular flexibility index (Phi) is 5.53. The van der Waals surface area contributed by atoms with Crippen molar-refractivity contribution in [1.82, 2.24) is 19.4 Å². The zero-order valence-electron chi connectivity index (χ0n) is 16.0. The molecule has 8 heteroatoms. The molecule has 7 nitrogen and oxygen atoms in total. The van der Waals surface area contributed by atoms with Gasteiger partial charge in [0.25, 0.3) is 0 Å². The minimum atomic E-state index is -0.311. The molecular formula is C21H22FN5O2. The highest BCUT2D eigenvalue weighted by atomic mass is 19.1. The van der Waals surface area contributed by atoms with E-state index in [0.717, 1.165) is 30.5 Å². The summed E-state index contributed by atoms with van der Waals surface area (Å²) >= 11 is 0. The third-order valence-electron chi connectivity index (χ3n) is 4.74. The Bertz CT molecular complexity index is 1090. The highest BCUT2D eigenvalue weighted by Gasteiger charge is 2.20. The van der Waals surface area contributed by atoms with E-state index in [-0.39, 0.29) is 18.5 Å². The third kappa shape index (κ3) is 3.97. The molecule has 0 aliphatic rings. The number of aliphatic hydroxyl groups excluding tert-OH is 1. The van der Waals surface area contributed by atoms with Crippen molar-refractivity contribution in [2.75, 3.05) is 11.9 Å². The fraction of sp³-hybridized carbons (Fsp3) is 0.286. The number of hydrogen-bond acceptors (Lipinski definition) is 6. The van der Waals surface area contributed by atoms with Gasteiger partial charge in [-0.05, 0) is 36.8 Å². The molecule has 0 unspecified atom stereocenters. The van der Waals surface area contributed by atoms with Crippen LogP contribution in [-0.2, 0) is 0 Å². The highest BCUT2D eigenvalue weighted by Crippen LogP contribution is 2.32. The Balaban J connectivity index is 1.74. The molecule has 3 heterocycles. The molecule has 0 fully saturated rings. The van der Waals surface area contributed by atoms with Crippen LogP contribution in [0.5, 0.6) is 0 Å². The number of rotatable bonds is 8. The number of imidazole rings is 1. The number of halogens is 1. The normalized spacial score (nSPS) is 12.4. The van der Waals surface area contributed by atoms with Crippen molar-refractivity contribution in [3.05, 3.63) is 54.8 Å². The van der Waals surface area contributed by atoms with Gasteiger partial charge in [0, 0.05) is 18.0 Å². The van der Waals surface area contributed by atoms with E-state index >= 15 is 0 Å². The van der Waals surface area contributed by atoms with Crippen molar-refractivity contribution >= 4 is 11.8 Å². The molecule has 4 rings (SSSR count). The van der Waals surface area contributed by atoms with Crippen molar-refractivity contribution in [1.29, 1.82) is 0 Å². The Morgan fingerprint density at radius 1 is 1.21 bits per heavy atom. The van der Waals surface area contributed by atoms with Gasteiger partial charge in [0.05, 0.1) is 18.3 Å². The summed E-state index contributed by atoms with van der Waals surface area (Å²) in [6.07, 6.45) is 7.86. The molecule has 4 aromatic rings. The van der Waals surface area contributed by atoms with Gasteiger partial charge in [-0.3, -0.25) is 4.40 Å². The SMILES string of the molecule is CCCC[C@H](CO)Nc1nccc(-c2c(-c3ccc(F)cc3)nc3occn23)n1. The first-order valence-electron chi connectivity index (χ1n) is 9.62. The van der Waals surface area contributed by atoms with E-state index in [1.165, 1.54) is 12.1 Å². The quantitative estimate of drug-likeness (QED) is 0.466. The minimum absolute atomic E-state index is 0.00702. The first-order valence-corrected chi connectivity index (χ1v) is 9.62. The number of fused-ring (bicyclic) bond motifs is 1. The second kappa shape index (κ2) is 8.40. The van der Waals surface area contributed by atoms with Crippen LogP contribution in [0.4, 0.5) is 10.3 Å². The van der Waals surface area contributed by atoms with E-state index in [4.69, 9.17) is 4.42 Å². The summed E-state index contributed by atoms with van der Waals surface area (Å²) < 4.78 is 20.6. The molecule has 0 saturated heterocycles. The van der Waals surface area contributed by atoms with Gasteiger partial charge >= 0.3 is 5.84 Å². The Hall–Kier alpha value is -3.26. The number of unbranched alkanes of at least 4 members (excludes halogenated alkanes) is 1. The first kappa shape index (κ1) is 19.1. The van der Waals surface area contributed by atoms with Crippen LogP contribution in [-0.4, -0.2) is 37.1 Å². The van der Waals surface area contributed by atoms with Gasteiger partial charge in [0.1, 0.15) is 23.5 Å². The summed E-state index contributed by atoms with van der Waals surface area (Å²) in [5.74, 6) is 0.540. The fourth-order valence-electron chi connectivity index (χ4n) is 3.24. The van der Waals surface area contributed by atoms with E-state index in [1.54, 1.807) is 41.3 Å². The Morgan fingerprint density at radius 2 is 2.03 bits per heavy atom. The van der Waals surface area contributed by atoms with Crippen LogP contribution in [0.3, 0.4) is 0 Å². The van der Waals surface area contributed by atoms with Crippen LogP contribution in [0.25, 0.3) is 28.5 Å². The second-order valence-electron chi connectivity index (χ2n) is 6.80. The topological polar surface area (TPSA) is 88.5 Å². The van der Waals surface area contributed by atoms with E-state index in [2.05, 4.69) is 27.2 Å². The predicted octanol–water partition coefficient (Wildman–Crippen LogP) is 4.15. The van der Waals surface area contributed by atoms with E-state index in [9.17, 15) is 9.50 Å². The lowest BCUT2D eigenvalue weighted by Gasteiger charge is -2.16. The number of aliphatic hydroxyl groups is 1. The second-order valence-corrected chi connectivity index (χ2v) is 6.80. The maximum Gasteiger partial charge on any atom is 0.306 e. The van der Waals surface area contributed by atoms with Crippen LogP contribution in [0.15, 0.2) is 53.4 Å². The molecule has 0 spiro atoms. The fourth-order valence-corrected chi connectivity index (χ4v) is 3.24. The summed E-state index contributed by atoms with van der Waals surface area (Å²) in [6.45, 7) is 2.12. The third-order valence-corrected chi connectivity index (χ3v) is 4.74. The van der Waals surface area contributed by atoms with Gasteiger partial charge in [0.2, 0.25) is 5.95 Å². The number of nitrogens with zero attached hydrogens (tertiary/aromatic N) is 4. The van der Waals surface area contributed by atoms with Gasteiger partial charge in [-0.25, -0.2) is 14.4 Å². The van der Waals surface area contributed by atoms with E-state index in [0.29, 0.717) is 23.2 Å². The summed E-state index contributed by atoms with van der Waals surface area (Å²) in [7, 11) is 0. The van der Waals surface area contributed by atoms with Crippen LogP contribution in [0, 0.1) is 5.82 Å². The molecule has 3 aromatic heterocycles. The van der Waals surface area contributed by atoms with Gasteiger partial charge < -0.3 is 14.8 Å². The first-order chi connectivity index (χ1) is 14.2. The molecule has 0 aliphatic heterocycles. The number of nitrogens with one attached hydrogen (secondary N) is 1. The molecule has 150 valence electrons. The zero-order chi connectivity index (χ0) is 20.2. The lowest BCUT2D eigenvalue weighted by molar-refractivity contribution is 0.266. The molecule has 0 saturated carbocycles. The molecule has 0 amide bonds. The number of oxazole rings is 1. The van der Waals surface area contributed by atoms with E-state index < -0.39 is 0 Å². The number of hydrogen-bond donors (Lipinski definition) is 2. The van der Waals surface area contributed by atoms with Crippen molar-refractivity contribution in [3.8, 4) is 22.6 Å². The van der Waals surface area contributed by atoms with Gasteiger partial charge in [-0.15, -0.1) is 0 Å². The summed E-state index contributed by atoms with van der Waals surface area (Å²) in [5, 5.41) is 12.8. The molecule has 0 bridgehead atoms. The lowest BCUT2D eigenvalue weighted by atomic mass is 10.1. The molecule has 29 heavy (non-hydrogen) atoms. The molecule has 0 radical (unpaired) electrons. The molecule has 1 aromatic carbocycles. The number of anilines is 1. The highest BCUT2D eigenvalue weighted by molar-refractivity contribution is 5.79. The molecule has 2 N–H and O–H groups in total. The smallest absolute Gasteiger partial charge is 0.306 e. The number of aromatic nitrogens is 4. The summed E-state index contributed by atoms with van der Waals surface area (Å²) in [6, 6.07) is 7.82. The van der Waals surface area contributed by atoms with Gasteiger partial charge in [0.15, 0.2) is 0 Å². The Morgan fingerprint density at radius 3 is 2.79 bits per heavy atom. The predicted molar refractivity (Wildman–Crippen MR) is 108 cm³/mol. The lowest BCUT2D eigenvalue weighted by Crippen LogP contribution is -2.24. The molecular weight excluding hydrogens is 373 g/mol. The van der Waals surface area contributed by atoms with Gasteiger partial charge in [-0.1, -0.05) is 19.8 Å². The van der Waals surface area contributed by atoms with Crippen molar-refractivity contribution in [3.63, 3.8) is 0 Å². The monoisotopic (exact) mass is 395 g/mol. The molecule has 0 aliphatic carbocycles. The minimum Gasteiger partial charge on any atom is -0.432 e. The average Bonchev–Trinajstić information content (AvgIpc) is 3.33. The zero-order valence-corrected chi connectivity index (χ0v) is 16.0. The van der Waals surface area contributed by atoms with Crippen LogP contribution in [0.1, 0.15) is 26.2 Å². The maximum absolute atomic E-state index is 13.4. The van der Waals surface area contributed by atoms with Crippen molar-refractivity contribution in [2.24, 2.45) is 0 Å². The maximum atomic E-state index is 13.4. The number of benzene rings is 1. The Labute approximate surface area is 167 Å². The van der Waals surface area contributed by atoms with Crippen molar-refractivity contribution < 1.29 is 13.9 Å². The molecule has 1 atom stereocenters. The summed E-state index contributed by atoms with van der Waals surface area (Å²) in [4.78, 5) is 13.5. The van der Waals surface area contributed by atoms with Gasteiger partial charge in [-0.2, -0.15) is 4.98 Å². The van der Waals surface area contributed by atoms with Crippen LogP contribution < -0.4 is 5.32 Å². The van der Waals surface area contributed by atoms with Crippen molar-refractivity contribution in [2.45, 2.75) is 32.2 Å². The van der Waals surface area contributed by atoms with Crippen LogP contribution >= 0.6 is 0 Å². The average molecular weight is 395 g/mol. The van der Waals surface area contributed by atoms with E-state index in [1.807, 2.05) is 0 Å². The van der Waals surface area contributed by atoms with Crippen LogP contribution in [0.2, 0.25) is 0 Å². The summed E-state index contributed by atoms with van der Waals surface area (Å²) in [5.41, 5.74) is 2.76. The standard InChI is InChI=1S/C21H22FN5O2/c1-2-3-4-16(13-28)24-20-23-10-9-17(25-20)19-18(14-5-7-15(22)8-6-14)26-21-27(19)11-12-29-21/h5-12,16,28H,2-4,13H2,1H3,(H,23,24,25)/t16-/m1/s1. The largest absolute Gasteiger partial charge is 0.432 e.